The van der Waals surface area contributed by atoms with Gasteiger partial charge in [-0.25, -0.2) is 4.98 Å². The maximum absolute atomic E-state index is 12.5. The fourth-order valence-corrected chi connectivity index (χ4v) is 11.0. The van der Waals surface area contributed by atoms with Crippen LogP contribution in [0.25, 0.3) is 0 Å². The molecule has 11 atom stereocenters. The number of aliphatic hydroxyl groups is 2. The van der Waals surface area contributed by atoms with E-state index in [1.807, 2.05) is 6.20 Å². The Kier molecular flexibility index (Phi) is 8.65. The zero-order valence-electron chi connectivity index (χ0n) is 25.9. The first-order valence-electron chi connectivity index (χ1n) is 16.6. The number of aromatic amines is 1. The molecular weight excluding hydrogens is 482 g/mol. The van der Waals surface area contributed by atoms with Gasteiger partial charge in [0.05, 0.1) is 18.0 Å². The summed E-state index contributed by atoms with van der Waals surface area (Å²) in [4.78, 5) is 7.40. The van der Waals surface area contributed by atoms with E-state index >= 15 is 0 Å². The standard InChI is InChI=1S/C34H59N3O2/c1-7-24(22(2)3)9-8-23(4)28-10-11-29-27-18-31(36-17-14-25-20-35-21-37-25)34(39)19-26(38)12-16-33(34,6)30(27)13-15-32(28,29)5/h20-24,26-31,36,38-39H,7-19H2,1-6H3,(H,35,37)/t23-,24?,26+,27+,28-,29+,30+,31-,32-,33-,34+/m1/s1. The van der Waals surface area contributed by atoms with Crippen LogP contribution >= 0.6 is 0 Å². The Morgan fingerprint density at radius 3 is 2.56 bits per heavy atom. The Morgan fingerprint density at radius 2 is 1.87 bits per heavy atom. The monoisotopic (exact) mass is 541 g/mol. The van der Waals surface area contributed by atoms with Crippen molar-refractivity contribution >= 4 is 0 Å². The van der Waals surface area contributed by atoms with Gasteiger partial charge in [0.2, 0.25) is 0 Å². The number of hydrogen-bond acceptors (Lipinski definition) is 4. The topological polar surface area (TPSA) is 81.2 Å². The molecule has 0 aliphatic heterocycles. The minimum Gasteiger partial charge on any atom is -0.393 e. The van der Waals surface area contributed by atoms with Crippen molar-refractivity contribution in [3.05, 3.63) is 18.2 Å². The first-order valence-corrected chi connectivity index (χ1v) is 16.6. The summed E-state index contributed by atoms with van der Waals surface area (Å²) in [5.74, 6) is 5.29. The van der Waals surface area contributed by atoms with Crippen molar-refractivity contribution < 1.29 is 10.2 Å². The van der Waals surface area contributed by atoms with Gasteiger partial charge in [0.1, 0.15) is 0 Å². The van der Waals surface area contributed by atoms with E-state index in [4.69, 9.17) is 0 Å². The smallest absolute Gasteiger partial charge is 0.0921 e. The van der Waals surface area contributed by atoms with Crippen LogP contribution in [0.5, 0.6) is 0 Å². The molecule has 4 fully saturated rings. The van der Waals surface area contributed by atoms with Crippen LogP contribution in [0.2, 0.25) is 0 Å². The highest BCUT2D eigenvalue weighted by Crippen LogP contribution is 2.69. The van der Waals surface area contributed by atoms with Crippen molar-refractivity contribution in [1.29, 1.82) is 0 Å². The van der Waals surface area contributed by atoms with Crippen molar-refractivity contribution in [1.82, 2.24) is 15.3 Å². The molecule has 0 aromatic carbocycles. The summed E-state index contributed by atoms with van der Waals surface area (Å²) in [6, 6.07) is 0.0387. The van der Waals surface area contributed by atoms with Crippen molar-refractivity contribution in [2.24, 2.45) is 52.3 Å². The molecule has 5 nitrogen and oxygen atoms in total. The lowest BCUT2D eigenvalue weighted by Crippen LogP contribution is -2.71. The van der Waals surface area contributed by atoms with Gasteiger partial charge in [0.15, 0.2) is 0 Å². The van der Waals surface area contributed by atoms with Crippen LogP contribution in [0.1, 0.15) is 118 Å². The Balaban J connectivity index is 1.35. The van der Waals surface area contributed by atoms with E-state index in [1.54, 1.807) is 6.33 Å². The predicted octanol–water partition coefficient (Wildman–Crippen LogP) is 6.75. The molecule has 0 radical (unpaired) electrons. The minimum absolute atomic E-state index is 0.0387. The highest BCUT2D eigenvalue weighted by Gasteiger charge is 2.67. The Morgan fingerprint density at radius 1 is 1.08 bits per heavy atom. The average molecular weight is 542 g/mol. The van der Waals surface area contributed by atoms with E-state index in [0.29, 0.717) is 23.7 Å². The van der Waals surface area contributed by atoms with Crippen LogP contribution < -0.4 is 5.32 Å². The molecule has 1 aromatic heterocycles. The Hall–Kier alpha value is -0.910. The lowest BCUT2D eigenvalue weighted by molar-refractivity contribution is -0.234. The molecule has 4 aliphatic rings. The van der Waals surface area contributed by atoms with Gasteiger partial charge < -0.3 is 20.5 Å². The third kappa shape index (κ3) is 5.16. The molecular formula is C34H59N3O2. The molecule has 4 saturated carbocycles. The normalized spacial score (nSPS) is 43.5. The van der Waals surface area contributed by atoms with Gasteiger partial charge in [-0.15, -0.1) is 0 Å². The first-order chi connectivity index (χ1) is 18.5. The molecule has 0 amide bonds. The number of hydrogen-bond donors (Lipinski definition) is 4. The van der Waals surface area contributed by atoms with Gasteiger partial charge in [0.25, 0.3) is 0 Å². The quantitative estimate of drug-likeness (QED) is 0.264. The second kappa shape index (κ2) is 11.4. The van der Waals surface area contributed by atoms with Gasteiger partial charge in [-0.3, -0.25) is 0 Å². The van der Waals surface area contributed by atoms with Gasteiger partial charge in [-0.1, -0.05) is 54.4 Å². The summed E-state index contributed by atoms with van der Waals surface area (Å²) in [6.07, 6.45) is 16.9. The molecule has 1 aromatic rings. The highest BCUT2D eigenvalue weighted by atomic mass is 16.3. The number of aliphatic hydroxyl groups excluding tert-OH is 1. The lowest BCUT2D eigenvalue weighted by Gasteiger charge is -2.66. The van der Waals surface area contributed by atoms with Crippen molar-refractivity contribution in [2.45, 2.75) is 136 Å². The summed E-state index contributed by atoms with van der Waals surface area (Å²) in [5.41, 5.74) is 0.596. The lowest BCUT2D eigenvalue weighted by atomic mass is 9.42. The number of nitrogens with zero attached hydrogens (tertiary/aromatic N) is 1. The third-order valence-electron chi connectivity index (χ3n) is 13.4. The maximum atomic E-state index is 12.5. The molecule has 5 heteroatoms. The van der Waals surface area contributed by atoms with E-state index in [1.165, 1.54) is 44.9 Å². The van der Waals surface area contributed by atoms with E-state index < -0.39 is 5.60 Å². The van der Waals surface area contributed by atoms with Crippen LogP contribution in [0, 0.1) is 52.3 Å². The number of fused-ring (bicyclic) bond motifs is 5. The largest absolute Gasteiger partial charge is 0.393 e. The molecule has 4 aliphatic carbocycles. The number of aromatic nitrogens is 2. The van der Waals surface area contributed by atoms with Crippen LogP contribution in [0.15, 0.2) is 12.5 Å². The van der Waals surface area contributed by atoms with E-state index in [0.717, 1.165) is 67.5 Å². The van der Waals surface area contributed by atoms with Gasteiger partial charge in [-0.2, -0.15) is 0 Å². The number of imidazole rings is 1. The molecule has 5 rings (SSSR count). The first kappa shape index (κ1) is 29.6. The Labute approximate surface area is 238 Å². The number of H-pyrrole nitrogens is 1. The summed E-state index contributed by atoms with van der Waals surface area (Å²) in [6.45, 7) is 15.6. The zero-order chi connectivity index (χ0) is 28.0. The fourth-order valence-electron chi connectivity index (χ4n) is 11.0. The summed E-state index contributed by atoms with van der Waals surface area (Å²) in [7, 11) is 0. The molecule has 222 valence electrons. The van der Waals surface area contributed by atoms with Crippen LogP contribution in [-0.4, -0.2) is 44.5 Å². The van der Waals surface area contributed by atoms with E-state index in [2.05, 4.69) is 56.8 Å². The van der Waals surface area contributed by atoms with Gasteiger partial charge in [0, 0.05) is 42.7 Å². The van der Waals surface area contributed by atoms with Gasteiger partial charge in [-0.05, 0) is 98.2 Å². The SMILES string of the molecule is CCC(CC[C@@H](C)[C@H]1CC[C@H]2[C@@H]3C[C@@H](NCCc4cnc[nH]4)[C@@]4(O)C[C@@H](O)CC[C@]4(C)[C@H]3CC[C@]12C)C(C)C. The maximum Gasteiger partial charge on any atom is 0.0921 e. The number of nitrogens with one attached hydrogen (secondary N) is 2. The van der Waals surface area contributed by atoms with Crippen molar-refractivity contribution in [2.75, 3.05) is 6.54 Å². The van der Waals surface area contributed by atoms with Crippen LogP contribution in [0.4, 0.5) is 0 Å². The van der Waals surface area contributed by atoms with Crippen LogP contribution in [-0.2, 0) is 6.42 Å². The average Bonchev–Trinajstić information content (AvgIpc) is 3.53. The molecule has 0 bridgehead atoms. The van der Waals surface area contributed by atoms with Gasteiger partial charge >= 0.3 is 0 Å². The van der Waals surface area contributed by atoms with E-state index in [-0.39, 0.29) is 17.6 Å². The second-order valence-corrected chi connectivity index (χ2v) is 15.4. The molecule has 4 N–H and O–H groups in total. The van der Waals surface area contributed by atoms with Crippen LogP contribution in [0.3, 0.4) is 0 Å². The van der Waals surface area contributed by atoms with Crippen molar-refractivity contribution in [3.8, 4) is 0 Å². The molecule has 39 heavy (non-hydrogen) atoms. The molecule has 0 spiro atoms. The fraction of sp³-hybridized carbons (Fsp3) is 0.912. The van der Waals surface area contributed by atoms with E-state index in [9.17, 15) is 10.2 Å². The minimum atomic E-state index is -0.842. The highest BCUT2D eigenvalue weighted by molar-refractivity contribution is 5.18. The predicted molar refractivity (Wildman–Crippen MR) is 159 cm³/mol. The zero-order valence-corrected chi connectivity index (χ0v) is 25.9. The second-order valence-electron chi connectivity index (χ2n) is 15.4. The molecule has 1 heterocycles. The summed E-state index contributed by atoms with van der Waals surface area (Å²) >= 11 is 0. The molecule has 1 unspecified atom stereocenters. The summed E-state index contributed by atoms with van der Waals surface area (Å²) in [5, 5.41) is 27.1. The number of rotatable bonds is 10. The van der Waals surface area contributed by atoms with Crippen molar-refractivity contribution in [3.63, 3.8) is 0 Å². The summed E-state index contributed by atoms with van der Waals surface area (Å²) < 4.78 is 0. The Bertz CT molecular complexity index is 935. The molecule has 0 saturated heterocycles. The third-order valence-corrected chi connectivity index (χ3v) is 13.4.